The second-order valence-electron chi connectivity index (χ2n) is 11.6. The molecular weight excluding hydrogens is 462 g/mol. The number of amides is 2. The van der Waals surface area contributed by atoms with E-state index in [2.05, 4.69) is 54.2 Å². The second kappa shape index (κ2) is 10.5. The van der Waals surface area contributed by atoms with Gasteiger partial charge in [0.15, 0.2) is 5.78 Å². The summed E-state index contributed by atoms with van der Waals surface area (Å²) in [7, 11) is 5.99. The van der Waals surface area contributed by atoms with Gasteiger partial charge in [0.25, 0.3) is 0 Å². The minimum absolute atomic E-state index is 0.0205. The topological polar surface area (TPSA) is 53.1 Å². The molecule has 3 fully saturated rings. The Kier molecular flexibility index (Phi) is 7.30. The number of ketones is 1. The fourth-order valence-electron chi connectivity index (χ4n) is 6.79. The average molecular weight is 504 g/mol. The zero-order chi connectivity index (χ0) is 26.0. The van der Waals surface area contributed by atoms with Crippen LogP contribution in [-0.4, -0.2) is 72.9 Å². The molecule has 6 heteroatoms. The average Bonchev–Trinajstić information content (AvgIpc) is 3.12. The first kappa shape index (κ1) is 25.8. The van der Waals surface area contributed by atoms with E-state index in [9.17, 15) is 9.59 Å². The summed E-state index contributed by atoms with van der Waals surface area (Å²) in [6, 6.07) is 18.5. The molecule has 2 saturated carbocycles. The van der Waals surface area contributed by atoms with Crippen LogP contribution >= 0.6 is 0 Å². The molecule has 37 heavy (non-hydrogen) atoms. The van der Waals surface area contributed by atoms with Gasteiger partial charge in [-0.3, -0.25) is 9.69 Å². The van der Waals surface area contributed by atoms with Crippen molar-refractivity contribution < 1.29 is 14.3 Å². The van der Waals surface area contributed by atoms with Crippen LogP contribution in [-0.2, 0) is 16.8 Å². The first-order valence-corrected chi connectivity index (χ1v) is 13.8. The van der Waals surface area contributed by atoms with Gasteiger partial charge in [-0.25, -0.2) is 4.79 Å². The van der Waals surface area contributed by atoms with Gasteiger partial charge >= 0.3 is 6.03 Å². The number of rotatable bonds is 9. The van der Waals surface area contributed by atoms with Crippen LogP contribution in [0.3, 0.4) is 0 Å². The Morgan fingerprint density at radius 2 is 1.76 bits per heavy atom. The van der Waals surface area contributed by atoms with Crippen molar-refractivity contribution in [3.63, 3.8) is 0 Å². The van der Waals surface area contributed by atoms with Gasteiger partial charge in [-0.2, -0.15) is 0 Å². The Morgan fingerprint density at radius 3 is 2.38 bits per heavy atom. The number of nitrogens with zero attached hydrogens (tertiary/aromatic N) is 3. The van der Waals surface area contributed by atoms with Gasteiger partial charge < -0.3 is 14.5 Å². The number of ether oxygens (including phenoxy) is 1. The van der Waals surface area contributed by atoms with Crippen molar-refractivity contribution in [1.29, 1.82) is 0 Å². The standard InChI is InChI=1S/C31H41N3O3/c1-32(2)31(26-12-5-4-6-13-26)17-15-30(16-18-31)23-33(29(36)34(30)21-24-9-7-10-24)22-27(35)19-25-11-8-14-28(20-25)37-3/h4-6,8,11-14,20,24H,7,9-10,15-19,21-23H2,1-3H3. The molecule has 1 heterocycles. The smallest absolute Gasteiger partial charge is 0.321 e. The highest BCUT2D eigenvalue weighted by atomic mass is 16.5. The molecule has 1 saturated heterocycles. The molecule has 1 spiro atoms. The molecule has 6 nitrogen and oxygen atoms in total. The van der Waals surface area contributed by atoms with Crippen LogP contribution in [0.2, 0.25) is 0 Å². The maximum absolute atomic E-state index is 13.8. The van der Waals surface area contributed by atoms with E-state index in [1.54, 1.807) is 7.11 Å². The summed E-state index contributed by atoms with van der Waals surface area (Å²) < 4.78 is 5.31. The van der Waals surface area contributed by atoms with Crippen molar-refractivity contribution in [3.05, 3.63) is 65.7 Å². The number of carbonyl (C=O) groups excluding carboxylic acids is 2. The van der Waals surface area contributed by atoms with Gasteiger partial charge in [0.05, 0.1) is 19.2 Å². The molecule has 2 amide bonds. The van der Waals surface area contributed by atoms with Crippen molar-refractivity contribution in [2.75, 3.05) is 40.8 Å². The van der Waals surface area contributed by atoms with Crippen molar-refractivity contribution in [2.45, 2.75) is 62.4 Å². The highest BCUT2D eigenvalue weighted by Gasteiger charge is 2.55. The number of benzene rings is 2. The van der Waals surface area contributed by atoms with E-state index >= 15 is 0 Å². The van der Waals surface area contributed by atoms with Crippen LogP contribution in [0.25, 0.3) is 0 Å². The molecule has 0 radical (unpaired) electrons. The van der Waals surface area contributed by atoms with E-state index < -0.39 is 0 Å². The number of hydrogen-bond acceptors (Lipinski definition) is 4. The quantitative estimate of drug-likeness (QED) is 0.477. The number of urea groups is 1. The summed E-state index contributed by atoms with van der Waals surface area (Å²) in [5.74, 6) is 1.42. The van der Waals surface area contributed by atoms with Crippen LogP contribution in [0.5, 0.6) is 5.75 Å². The molecule has 2 aliphatic carbocycles. The van der Waals surface area contributed by atoms with Crippen LogP contribution in [0, 0.1) is 5.92 Å². The van der Waals surface area contributed by atoms with Crippen molar-refractivity contribution in [2.24, 2.45) is 5.92 Å². The Labute approximate surface area is 221 Å². The van der Waals surface area contributed by atoms with E-state index in [-0.39, 0.29) is 29.4 Å². The normalized spacial score (nSPS) is 26.1. The first-order chi connectivity index (χ1) is 17.8. The Balaban J connectivity index is 1.33. The fourth-order valence-corrected chi connectivity index (χ4v) is 6.79. The van der Waals surface area contributed by atoms with Crippen LogP contribution in [0.1, 0.15) is 56.1 Å². The summed E-state index contributed by atoms with van der Waals surface area (Å²) in [5, 5.41) is 0. The van der Waals surface area contributed by atoms with E-state index in [1.165, 1.54) is 24.8 Å². The maximum Gasteiger partial charge on any atom is 0.321 e. The molecule has 2 aromatic carbocycles. The van der Waals surface area contributed by atoms with Crippen LogP contribution < -0.4 is 4.74 Å². The number of hydrogen-bond donors (Lipinski definition) is 0. The summed E-state index contributed by atoms with van der Waals surface area (Å²) in [6.07, 6.45) is 7.92. The summed E-state index contributed by atoms with van der Waals surface area (Å²) in [4.78, 5) is 33.3. The van der Waals surface area contributed by atoms with Crippen molar-refractivity contribution in [3.8, 4) is 5.75 Å². The van der Waals surface area contributed by atoms with Crippen LogP contribution in [0.4, 0.5) is 4.79 Å². The Morgan fingerprint density at radius 1 is 1.03 bits per heavy atom. The van der Waals surface area contributed by atoms with Gasteiger partial charge in [-0.1, -0.05) is 48.9 Å². The maximum atomic E-state index is 13.8. The summed E-state index contributed by atoms with van der Waals surface area (Å²) in [5.41, 5.74) is 2.08. The number of carbonyl (C=O) groups is 2. The lowest BCUT2D eigenvalue weighted by molar-refractivity contribution is -0.119. The van der Waals surface area contributed by atoms with Crippen molar-refractivity contribution >= 4 is 11.8 Å². The minimum atomic E-state index is -0.183. The number of methoxy groups -OCH3 is 1. The minimum Gasteiger partial charge on any atom is -0.497 e. The number of Topliss-reactive ketones (excluding diaryl/α,β-unsaturated/α-hetero) is 1. The molecule has 0 bridgehead atoms. The Bertz CT molecular complexity index is 1100. The van der Waals surface area contributed by atoms with E-state index in [4.69, 9.17) is 4.74 Å². The highest BCUT2D eigenvalue weighted by Crippen LogP contribution is 2.49. The molecule has 2 aromatic rings. The zero-order valence-corrected chi connectivity index (χ0v) is 22.6. The molecular formula is C31H41N3O3. The lowest BCUT2D eigenvalue weighted by Crippen LogP contribution is -2.56. The van der Waals surface area contributed by atoms with Gasteiger partial charge in [-0.05, 0) is 81.8 Å². The molecule has 0 aromatic heterocycles. The molecule has 5 rings (SSSR count). The largest absolute Gasteiger partial charge is 0.497 e. The molecule has 0 N–H and O–H groups in total. The lowest BCUT2D eigenvalue weighted by Gasteiger charge is -2.51. The third-order valence-electron chi connectivity index (χ3n) is 9.30. The van der Waals surface area contributed by atoms with Crippen molar-refractivity contribution in [1.82, 2.24) is 14.7 Å². The van der Waals surface area contributed by atoms with Gasteiger partial charge in [-0.15, -0.1) is 0 Å². The van der Waals surface area contributed by atoms with E-state index in [1.807, 2.05) is 29.2 Å². The molecule has 0 atom stereocenters. The summed E-state index contributed by atoms with van der Waals surface area (Å²) >= 11 is 0. The SMILES string of the molecule is COc1cccc(CC(=O)CN2CC3(CCC(c4ccccc4)(N(C)C)CC3)N(CC3CCC3)C2=O)c1. The second-order valence-corrected chi connectivity index (χ2v) is 11.6. The van der Waals surface area contributed by atoms with Gasteiger partial charge in [0, 0.05) is 25.0 Å². The Hall–Kier alpha value is -2.86. The highest BCUT2D eigenvalue weighted by molar-refractivity contribution is 5.88. The van der Waals surface area contributed by atoms with Gasteiger partial charge in [0.1, 0.15) is 5.75 Å². The summed E-state index contributed by atoms with van der Waals surface area (Å²) in [6.45, 7) is 1.66. The molecule has 0 unspecified atom stereocenters. The lowest BCUT2D eigenvalue weighted by atomic mass is 9.68. The monoisotopic (exact) mass is 503 g/mol. The predicted molar refractivity (Wildman–Crippen MR) is 146 cm³/mol. The molecule has 198 valence electrons. The van der Waals surface area contributed by atoms with E-state index in [0.717, 1.165) is 43.5 Å². The predicted octanol–water partition coefficient (Wildman–Crippen LogP) is 5.11. The van der Waals surface area contributed by atoms with Crippen LogP contribution in [0.15, 0.2) is 54.6 Å². The first-order valence-electron chi connectivity index (χ1n) is 13.8. The van der Waals surface area contributed by atoms with Gasteiger partial charge in [0.2, 0.25) is 0 Å². The fraction of sp³-hybridized carbons (Fsp3) is 0.548. The third-order valence-corrected chi connectivity index (χ3v) is 9.30. The zero-order valence-electron chi connectivity index (χ0n) is 22.6. The third kappa shape index (κ3) is 5.00. The molecule has 1 aliphatic heterocycles. The molecule has 3 aliphatic rings. The van der Waals surface area contributed by atoms with E-state index in [0.29, 0.717) is 18.9 Å².